The van der Waals surface area contributed by atoms with E-state index in [0.29, 0.717) is 6.04 Å². The number of nitrogens with one attached hydrogen (secondary N) is 2. The third-order valence-corrected chi connectivity index (χ3v) is 5.75. The zero-order valence-electron chi connectivity index (χ0n) is 17.4. The molecular formula is C22H37N5O. The number of nitrogens with zero attached hydrogens (tertiary/aromatic N) is 3. The number of hydrogen-bond donors (Lipinski definition) is 2. The van der Waals surface area contributed by atoms with Crippen LogP contribution in [0.1, 0.15) is 31.2 Å². The van der Waals surface area contributed by atoms with Crippen LogP contribution < -0.4 is 10.6 Å². The maximum Gasteiger partial charge on any atom is 0.191 e. The predicted octanol–water partition coefficient (Wildman–Crippen LogP) is 1.93. The predicted molar refractivity (Wildman–Crippen MR) is 116 cm³/mol. The molecule has 2 aliphatic heterocycles. The van der Waals surface area contributed by atoms with Crippen molar-refractivity contribution in [1.82, 2.24) is 20.4 Å². The molecule has 28 heavy (non-hydrogen) atoms. The van der Waals surface area contributed by atoms with Gasteiger partial charge in [-0.3, -0.25) is 14.8 Å². The van der Waals surface area contributed by atoms with E-state index in [4.69, 9.17) is 4.74 Å². The Hall–Kier alpha value is -1.63. The third kappa shape index (κ3) is 7.08. The van der Waals surface area contributed by atoms with Crippen LogP contribution in [-0.2, 0) is 11.3 Å². The fraction of sp³-hybridized carbons (Fsp3) is 0.682. The minimum Gasteiger partial charge on any atom is -0.379 e. The van der Waals surface area contributed by atoms with Crippen LogP contribution in [0.4, 0.5) is 0 Å². The number of likely N-dealkylation sites (tertiary alicyclic amines) is 1. The van der Waals surface area contributed by atoms with Crippen LogP contribution in [-0.4, -0.2) is 81.3 Å². The topological polar surface area (TPSA) is 52.1 Å². The van der Waals surface area contributed by atoms with Crippen LogP contribution in [0.3, 0.4) is 0 Å². The summed E-state index contributed by atoms with van der Waals surface area (Å²) in [5.41, 5.74) is 1.40. The zero-order valence-corrected chi connectivity index (χ0v) is 17.4. The van der Waals surface area contributed by atoms with Gasteiger partial charge in [0.15, 0.2) is 5.96 Å². The Morgan fingerprint density at radius 2 is 1.93 bits per heavy atom. The second-order valence-electron chi connectivity index (χ2n) is 7.79. The Bertz CT molecular complexity index is 574. The minimum absolute atomic E-state index is 0.583. The number of hydrogen-bond acceptors (Lipinski definition) is 4. The summed E-state index contributed by atoms with van der Waals surface area (Å²) in [4.78, 5) is 9.49. The molecule has 1 aromatic carbocycles. The standard InChI is InChI=1S/C22H37N5O/c1-23-22(24-11-5-6-12-26-14-16-28-17-15-26)25-18-21-10-7-13-27(21)19-20-8-3-2-4-9-20/h2-4,8-9,21H,5-7,10-19H2,1H3,(H2,23,24,25). The zero-order chi connectivity index (χ0) is 19.4. The van der Waals surface area contributed by atoms with Crippen LogP contribution in [0.5, 0.6) is 0 Å². The maximum absolute atomic E-state index is 5.40. The molecule has 2 heterocycles. The average molecular weight is 388 g/mol. The monoisotopic (exact) mass is 387 g/mol. The summed E-state index contributed by atoms with van der Waals surface area (Å²) in [6, 6.07) is 11.4. The number of aliphatic imine (C=N–C) groups is 1. The van der Waals surface area contributed by atoms with Gasteiger partial charge in [0.1, 0.15) is 0 Å². The number of unbranched alkanes of at least 4 members (excludes halogenated alkanes) is 1. The van der Waals surface area contributed by atoms with E-state index in [9.17, 15) is 0 Å². The Balaban J connectivity index is 1.30. The summed E-state index contributed by atoms with van der Waals surface area (Å²) in [5, 5.41) is 7.01. The van der Waals surface area contributed by atoms with Crippen LogP contribution in [0.15, 0.2) is 35.3 Å². The Kier molecular flexibility index (Phi) is 9.07. The summed E-state index contributed by atoms with van der Waals surface area (Å²) in [6.45, 7) is 9.27. The Labute approximate surface area is 170 Å². The third-order valence-electron chi connectivity index (χ3n) is 5.75. The highest BCUT2D eigenvalue weighted by Gasteiger charge is 2.24. The van der Waals surface area contributed by atoms with Gasteiger partial charge in [-0.25, -0.2) is 0 Å². The highest BCUT2D eigenvalue weighted by atomic mass is 16.5. The van der Waals surface area contributed by atoms with Crippen molar-refractivity contribution >= 4 is 5.96 Å². The van der Waals surface area contributed by atoms with Gasteiger partial charge in [0.05, 0.1) is 13.2 Å². The molecule has 0 aromatic heterocycles. The van der Waals surface area contributed by atoms with E-state index in [1.54, 1.807) is 0 Å². The first-order valence-corrected chi connectivity index (χ1v) is 10.9. The first kappa shape index (κ1) is 21.1. The van der Waals surface area contributed by atoms with Gasteiger partial charge < -0.3 is 15.4 Å². The maximum atomic E-state index is 5.40. The first-order chi connectivity index (χ1) is 13.8. The lowest BCUT2D eigenvalue weighted by Gasteiger charge is -2.26. The van der Waals surface area contributed by atoms with Gasteiger partial charge in [-0.2, -0.15) is 0 Å². The Morgan fingerprint density at radius 1 is 1.11 bits per heavy atom. The SMILES string of the molecule is CN=C(NCCCCN1CCOCC1)NCC1CCCN1Cc1ccccc1. The van der Waals surface area contributed by atoms with E-state index in [1.807, 2.05) is 7.05 Å². The lowest BCUT2D eigenvalue weighted by Crippen LogP contribution is -2.45. The van der Waals surface area contributed by atoms with Crippen molar-refractivity contribution in [2.75, 3.05) is 59.5 Å². The van der Waals surface area contributed by atoms with Gasteiger partial charge in [0.25, 0.3) is 0 Å². The van der Waals surface area contributed by atoms with Crippen molar-refractivity contribution in [3.63, 3.8) is 0 Å². The first-order valence-electron chi connectivity index (χ1n) is 10.9. The number of ether oxygens (including phenoxy) is 1. The van der Waals surface area contributed by atoms with Gasteiger partial charge in [0, 0.05) is 45.8 Å². The molecule has 6 heteroatoms. The molecule has 6 nitrogen and oxygen atoms in total. The molecule has 0 radical (unpaired) electrons. The summed E-state index contributed by atoms with van der Waals surface area (Å²) in [7, 11) is 1.86. The smallest absolute Gasteiger partial charge is 0.191 e. The highest BCUT2D eigenvalue weighted by molar-refractivity contribution is 5.79. The van der Waals surface area contributed by atoms with E-state index < -0.39 is 0 Å². The largest absolute Gasteiger partial charge is 0.379 e. The van der Waals surface area contributed by atoms with Crippen molar-refractivity contribution in [3.05, 3.63) is 35.9 Å². The minimum atomic E-state index is 0.583. The molecule has 0 aliphatic carbocycles. The molecule has 1 unspecified atom stereocenters. The van der Waals surface area contributed by atoms with Crippen LogP contribution in [0, 0.1) is 0 Å². The molecular weight excluding hydrogens is 350 g/mol. The van der Waals surface area contributed by atoms with Gasteiger partial charge in [0.2, 0.25) is 0 Å². The fourth-order valence-electron chi connectivity index (χ4n) is 4.08. The lowest BCUT2D eigenvalue weighted by molar-refractivity contribution is 0.0372. The van der Waals surface area contributed by atoms with Crippen molar-refractivity contribution in [1.29, 1.82) is 0 Å². The number of rotatable bonds is 9. The summed E-state index contributed by atoms with van der Waals surface area (Å²) >= 11 is 0. The summed E-state index contributed by atoms with van der Waals surface area (Å²) in [6.07, 6.45) is 4.93. The molecule has 1 atom stereocenters. The van der Waals surface area contributed by atoms with Crippen LogP contribution >= 0.6 is 0 Å². The fourth-order valence-corrected chi connectivity index (χ4v) is 4.08. The summed E-state index contributed by atoms with van der Waals surface area (Å²) < 4.78 is 5.40. The molecule has 0 amide bonds. The van der Waals surface area contributed by atoms with Gasteiger partial charge in [-0.15, -0.1) is 0 Å². The van der Waals surface area contributed by atoms with E-state index in [1.165, 1.54) is 44.3 Å². The van der Waals surface area contributed by atoms with Gasteiger partial charge in [-0.1, -0.05) is 30.3 Å². The van der Waals surface area contributed by atoms with Crippen molar-refractivity contribution in [2.24, 2.45) is 4.99 Å². The van der Waals surface area contributed by atoms with Crippen molar-refractivity contribution in [2.45, 2.75) is 38.3 Å². The molecule has 0 spiro atoms. The van der Waals surface area contributed by atoms with Crippen LogP contribution in [0.25, 0.3) is 0 Å². The molecule has 0 saturated carbocycles. The molecule has 2 N–H and O–H groups in total. The van der Waals surface area contributed by atoms with E-state index in [0.717, 1.165) is 51.9 Å². The number of morpholine rings is 1. The second-order valence-corrected chi connectivity index (χ2v) is 7.79. The quantitative estimate of drug-likeness (QED) is 0.385. The lowest BCUT2D eigenvalue weighted by atomic mass is 10.2. The molecule has 156 valence electrons. The Morgan fingerprint density at radius 3 is 2.71 bits per heavy atom. The molecule has 2 saturated heterocycles. The van der Waals surface area contributed by atoms with E-state index >= 15 is 0 Å². The van der Waals surface area contributed by atoms with Crippen LogP contribution in [0.2, 0.25) is 0 Å². The number of benzene rings is 1. The summed E-state index contributed by atoms with van der Waals surface area (Å²) in [5.74, 6) is 0.929. The molecule has 1 aromatic rings. The van der Waals surface area contributed by atoms with Crippen molar-refractivity contribution in [3.8, 4) is 0 Å². The number of guanidine groups is 1. The van der Waals surface area contributed by atoms with Gasteiger partial charge in [-0.05, 0) is 44.3 Å². The highest BCUT2D eigenvalue weighted by Crippen LogP contribution is 2.19. The van der Waals surface area contributed by atoms with E-state index in [2.05, 4.69) is 55.8 Å². The molecule has 2 aliphatic rings. The molecule has 2 fully saturated rings. The normalized spacial score (nSPS) is 21.8. The van der Waals surface area contributed by atoms with E-state index in [-0.39, 0.29) is 0 Å². The van der Waals surface area contributed by atoms with Crippen molar-refractivity contribution < 1.29 is 4.74 Å². The second kappa shape index (κ2) is 12.0. The molecule has 3 rings (SSSR count). The van der Waals surface area contributed by atoms with Gasteiger partial charge >= 0.3 is 0 Å². The average Bonchev–Trinajstić information content (AvgIpc) is 3.18. The molecule has 0 bridgehead atoms.